The van der Waals surface area contributed by atoms with Gasteiger partial charge in [0.2, 0.25) is 0 Å². The summed E-state index contributed by atoms with van der Waals surface area (Å²) in [5, 5.41) is 0. The highest BCUT2D eigenvalue weighted by atomic mass is 79.9. The number of benzene rings is 1. The van der Waals surface area contributed by atoms with E-state index in [-0.39, 0.29) is 10.7 Å². The first kappa shape index (κ1) is 15.4. The molecular formula is C12H11Br2N3O2S. The van der Waals surface area contributed by atoms with E-state index in [9.17, 15) is 8.42 Å². The molecule has 0 saturated heterocycles. The van der Waals surface area contributed by atoms with Gasteiger partial charge in [-0.1, -0.05) is 6.07 Å². The third-order valence-corrected chi connectivity index (χ3v) is 5.29. The summed E-state index contributed by atoms with van der Waals surface area (Å²) in [5.41, 5.74) is 6.36. The second-order valence-electron chi connectivity index (χ2n) is 3.94. The number of sulfonamides is 1. The first-order valence-corrected chi connectivity index (χ1v) is 8.62. The van der Waals surface area contributed by atoms with Gasteiger partial charge in [-0.05, 0) is 61.7 Å². The molecule has 2 aromatic rings. The third kappa shape index (κ3) is 3.57. The van der Waals surface area contributed by atoms with Crippen LogP contribution < -0.4 is 10.5 Å². The van der Waals surface area contributed by atoms with Crippen LogP contribution in [-0.2, 0) is 16.6 Å². The topological polar surface area (TPSA) is 85.1 Å². The quantitative estimate of drug-likeness (QED) is 0.796. The highest BCUT2D eigenvalue weighted by molar-refractivity contribution is 9.10. The second kappa shape index (κ2) is 6.21. The molecule has 5 nitrogen and oxygen atoms in total. The summed E-state index contributed by atoms with van der Waals surface area (Å²) in [5.74, 6) is 0.253. The highest BCUT2D eigenvalue weighted by Gasteiger charge is 2.18. The van der Waals surface area contributed by atoms with Crippen molar-refractivity contribution in [1.29, 1.82) is 0 Å². The molecule has 0 unspecified atom stereocenters. The van der Waals surface area contributed by atoms with E-state index in [0.717, 1.165) is 10.0 Å². The van der Waals surface area contributed by atoms with Crippen molar-refractivity contribution in [3.63, 3.8) is 0 Å². The van der Waals surface area contributed by atoms with Gasteiger partial charge >= 0.3 is 0 Å². The number of hydrogen-bond donors (Lipinski definition) is 2. The molecule has 0 amide bonds. The number of nitrogens with zero attached hydrogens (tertiary/aromatic N) is 1. The molecule has 0 atom stereocenters. The van der Waals surface area contributed by atoms with Crippen LogP contribution in [0.1, 0.15) is 5.56 Å². The number of anilines is 1. The van der Waals surface area contributed by atoms with E-state index >= 15 is 0 Å². The maximum Gasteiger partial charge on any atom is 0.264 e. The van der Waals surface area contributed by atoms with Crippen LogP contribution in [0.2, 0.25) is 0 Å². The van der Waals surface area contributed by atoms with Crippen molar-refractivity contribution in [2.24, 2.45) is 5.73 Å². The molecule has 8 heteroatoms. The molecule has 3 N–H and O–H groups in total. The summed E-state index contributed by atoms with van der Waals surface area (Å²) in [6.07, 6.45) is 1.52. The molecule has 20 heavy (non-hydrogen) atoms. The van der Waals surface area contributed by atoms with Gasteiger partial charge in [0.15, 0.2) is 0 Å². The molecule has 0 saturated carbocycles. The molecule has 0 radical (unpaired) electrons. The Kier molecular flexibility index (Phi) is 4.79. The number of rotatable bonds is 4. The molecule has 0 aliphatic rings. The van der Waals surface area contributed by atoms with Crippen LogP contribution in [0.15, 0.2) is 50.4 Å². The van der Waals surface area contributed by atoms with Crippen molar-refractivity contribution in [1.82, 2.24) is 4.98 Å². The standard InChI is InChI=1S/C12H11Br2N3O2S/c13-9-2-4-12(16-7-9)17-20(18,19)11-3-1-8(6-15)5-10(11)14/h1-5,7H,6,15H2,(H,16,17). The predicted molar refractivity (Wildman–Crippen MR) is 84.8 cm³/mol. The van der Waals surface area contributed by atoms with Gasteiger partial charge in [0, 0.05) is 21.7 Å². The Bertz CT molecular complexity index is 718. The van der Waals surface area contributed by atoms with E-state index in [0.29, 0.717) is 11.0 Å². The van der Waals surface area contributed by atoms with Gasteiger partial charge in [-0.2, -0.15) is 0 Å². The molecule has 0 fully saturated rings. The molecule has 1 aromatic carbocycles. The SMILES string of the molecule is NCc1ccc(S(=O)(=O)Nc2ccc(Br)cn2)c(Br)c1. The molecule has 0 bridgehead atoms. The van der Waals surface area contributed by atoms with Crippen LogP contribution in [0, 0.1) is 0 Å². The fraction of sp³-hybridized carbons (Fsp3) is 0.0833. The van der Waals surface area contributed by atoms with Gasteiger partial charge in [-0.3, -0.25) is 4.72 Å². The van der Waals surface area contributed by atoms with Crippen molar-refractivity contribution in [2.45, 2.75) is 11.4 Å². The van der Waals surface area contributed by atoms with Crippen molar-refractivity contribution in [3.8, 4) is 0 Å². The maximum absolute atomic E-state index is 12.3. The fourth-order valence-electron chi connectivity index (χ4n) is 1.52. The molecule has 1 heterocycles. The number of nitrogens with two attached hydrogens (primary N) is 1. The van der Waals surface area contributed by atoms with Crippen LogP contribution in [0.3, 0.4) is 0 Å². The molecule has 1 aromatic heterocycles. The normalized spacial score (nSPS) is 11.3. The summed E-state index contributed by atoms with van der Waals surface area (Å²) < 4.78 is 28.2. The van der Waals surface area contributed by atoms with Gasteiger partial charge in [-0.15, -0.1) is 0 Å². The Morgan fingerprint density at radius 2 is 1.95 bits per heavy atom. The predicted octanol–water partition coefficient (Wildman–Crippen LogP) is 2.87. The third-order valence-electron chi connectivity index (χ3n) is 2.49. The van der Waals surface area contributed by atoms with Crippen molar-refractivity contribution in [2.75, 3.05) is 4.72 Å². The Balaban J connectivity index is 2.33. The molecular weight excluding hydrogens is 410 g/mol. The van der Waals surface area contributed by atoms with Crippen molar-refractivity contribution >= 4 is 47.7 Å². The van der Waals surface area contributed by atoms with Crippen molar-refractivity contribution < 1.29 is 8.42 Å². The second-order valence-corrected chi connectivity index (χ2v) is 7.36. The highest BCUT2D eigenvalue weighted by Crippen LogP contribution is 2.25. The first-order chi connectivity index (χ1) is 9.42. The Hall–Kier alpha value is -0.960. The Labute approximate surface area is 133 Å². The Morgan fingerprint density at radius 3 is 2.50 bits per heavy atom. The van der Waals surface area contributed by atoms with E-state index < -0.39 is 10.0 Å². The zero-order valence-corrected chi connectivity index (χ0v) is 14.2. The molecule has 0 spiro atoms. The lowest BCUT2D eigenvalue weighted by Gasteiger charge is -2.10. The number of pyridine rings is 1. The van der Waals surface area contributed by atoms with Crippen molar-refractivity contribution in [3.05, 3.63) is 51.0 Å². The monoisotopic (exact) mass is 419 g/mol. The van der Waals surface area contributed by atoms with Gasteiger partial charge in [0.05, 0.1) is 0 Å². The minimum absolute atomic E-state index is 0.138. The molecule has 106 valence electrons. The van der Waals surface area contributed by atoms with Crippen LogP contribution in [0.5, 0.6) is 0 Å². The summed E-state index contributed by atoms with van der Waals surface area (Å²) in [6, 6.07) is 8.15. The summed E-state index contributed by atoms with van der Waals surface area (Å²) in [7, 11) is -3.70. The number of aromatic nitrogens is 1. The zero-order valence-electron chi connectivity index (χ0n) is 10.2. The molecule has 2 rings (SSSR count). The van der Waals surface area contributed by atoms with E-state index in [1.807, 2.05) is 0 Å². The van der Waals surface area contributed by atoms with Crippen LogP contribution in [-0.4, -0.2) is 13.4 Å². The van der Waals surface area contributed by atoms with Crippen LogP contribution in [0.4, 0.5) is 5.82 Å². The fourth-order valence-corrected chi connectivity index (χ4v) is 3.89. The average molecular weight is 421 g/mol. The van der Waals surface area contributed by atoms with E-state index in [1.165, 1.54) is 12.3 Å². The summed E-state index contributed by atoms with van der Waals surface area (Å²) >= 11 is 6.48. The van der Waals surface area contributed by atoms with Gasteiger partial charge < -0.3 is 5.73 Å². The zero-order chi connectivity index (χ0) is 14.8. The minimum atomic E-state index is -3.70. The molecule has 0 aliphatic carbocycles. The smallest absolute Gasteiger partial charge is 0.264 e. The van der Waals surface area contributed by atoms with E-state index in [1.54, 1.807) is 24.3 Å². The average Bonchev–Trinajstić information content (AvgIpc) is 2.40. The van der Waals surface area contributed by atoms with Crippen LogP contribution in [0.25, 0.3) is 0 Å². The number of halogens is 2. The largest absolute Gasteiger partial charge is 0.326 e. The number of nitrogens with one attached hydrogen (secondary N) is 1. The van der Waals surface area contributed by atoms with Crippen LogP contribution >= 0.6 is 31.9 Å². The summed E-state index contributed by atoms with van der Waals surface area (Å²) in [4.78, 5) is 4.12. The Morgan fingerprint density at radius 1 is 1.20 bits per heavy atom. The lowest BCUT2D eigenvalue weighted by Crippen LogP contribution is -2.14. The lowest BCUT2D eigenvalue weighted by atomic mass is 10.2. The first-order valence-electron chi connectivity index (χ1n) is 5.55. The van der Waals surface area contributed by atoms with Gasteiger partial charge in [0.1, 0.15) is 10.7 Å². The molecule has 0 aliphatic heterocycles. The summed E-state index contributed by atoms with van der Waals surface area (Å²) in [6.45, 7) is 0.348. The minimum Gasteiger partial charge on any atom is -0.326 e. The van der Waals surface area contributed by atoms with E-state index in [4.69, 9.17) is 5.73 Å². The maximum atomic E-state index is 12.3. The van der Waals surface area contributed by atoms with Gasteiger partial charge in [-0.25, -0.2) is 13.4 Å². The number of hydrogen-bond acceptors (Lipinski definition) is 4. The van der Waals surface area contributed by atoms with E-state index in [2.05, 4.69) is 41.6 Å². The van der Waals surface area contributed by atoms with Gasteiger partial charge in [0.25, 0.3) is 10.0 Å². The lowest BCUT2D eigenvalue weighted by molar-refractivity contribution is 0.600.